The fraction of sp³-hybridized carbons (Fsp3) is 0.632. The molecule has 1 N–H and O–H groups in total. The second kappa shape index (κ2) is 6.94. The Labute approximate surface area is 149 Å². The van der Waals surface area contributed by atoms with Gasteiger partial charge in [0.15, 0.2) is 0 Å². The van der Waals surface area contributed by atoms with Crippen molar-refractivity contribution in [2.45, 2.75) is 31.3 Å². The van der Waals surface area contributed by atoms with Gasteiger partial charge in [0.2, 0.25) is 0 Å². The average molecular weight is 344 g/mol. The lowest BCUT2D eigenvalue weighted by molar-refractivity contribution is -0.872. The Kier molecular flexibility index (Phi) is 4.67. The van der Waals surface area contributed by atoms with Gasteiger partial charge in [0.25, 0.3) is 0 Å². The van der Waals surface area contributed by atoms with Gasteiger partial charge in [-0.15, -0.1) is 0 Å². The van der Waals surface area contributed by atoms with Gasteiger partial charge in [-0.1, -0.05) is 30.3 Å². The molecule has 3 fully saturated rings. The number of quaternary nitrogens is 1. The van der Waals surface area contributed by atoms with Gasteiger partial charge in [-0.05, 0) is 18.4 Å². The van der Waals surface area contributed by atoms with Crippen LogP contribution in [0.1, 0.15) is 18.4 Å². The van der Waals surface area contributed by atoms with Crippen molar-refractivity contribution < 1.29 is 9.44 Å². The first-order valence-corrected chi connectivity index (χ1v) is 9.52. The molecule has 3 aliphatic rings. The molecule has 3 unspecified atom stereocenters. The third-order valence-corrected chi connectivity index (χ3v) is 6.02. The van der Waals surface area contributed by atoms with E-state index in [9.17, 15) is 10.0 Å². The number of hydrogen-bond acceptors (Lipinski definition) is 3. The number of hydroxylamine groups is 3. The van der Waals surface area contributed by atoms with Crippen LogP contribution in [0.3, 0.4) is 0 Å². The normalized spacial score (nSPS) is 32.1. The van der Waals surface area contributed by atoms with Crippen LogP contribution in [0.15, 0.2) is 30.3 Å². The number of likely N-dealkylation sites (tertiary alicyclic amines) is 1. The molecule has 0 aliphatic carbocycles. The quantitative estimate of drug-likeness (QED) is 0.664. The molecule has 3 saturated heterocycles. The summed E-state index contributed by atoms with van der Waals surface area (Å²) in [5, 5.41) is 15.5. The first-order chi connectivity index (χ1) is 12.1. The third-order valence-electron chi connectivity index (χ3n) is 6.02. The molecule has 1 aromatic carbocycles. The molecule has 6 nitrogen and oxygen atoms in total. The van der Waals surface area contributed by atoms with E-state index in [4.69, 9.17) is 0 Å². The highest BCUT2D eigenvalue weighted by atomic mass is 16.5. The number of urea groups is 1. The zero-order chi connectivity index (χ0) is 17.3. The predicted octanol–water partition coefficient (Wildman–Crippen LogP) is 1.42. The summed E-state index contributed by atoms with van der Waals surface area (Å²) in [5.74, 6) is 0. The summed E-state index contributed by atoms with van der Waals surface area (Å²) in [6.45, 7) is 5.42. The SMILES string of the molecule is O=C(NC1CCN(CCc2ccccc2)C1)N1CC[N+]2([O-])CCC1C2. The standard InChI is InChI=1S/C19H28N4O2/c24-19(22-11-13-23(25)12-8-18(22)15-23)20-17-7-10-21(14-17)9-6-16-4-2-1-3-5-16/h1-5,17-18H,6-15H2,(H,20,24). The second-order valence-corrected chi connectivity index (χ2v) is 7.80. The highest BCUT2D eigenvalue weighted by molar-refractivity contribution is 5.75. The number of carbonyl (C=O) groups excluding carboxylic acids is 1. The fourth-order valence-electron chi connectivity index (χ4n) is 4.49. The van der Waals surface area contributed by atoms with E-state index in [-0.39, 0.29) is 22.8 Å². The van der Waals surface area contributed by atoms with Gasteiger partial charge in [-0.25, -0.2) is 4.79 Å². The van der Waals surface area contributed by atoms with Crippen LogP contribution in [-0.4, -0.2) is 78.4 Å². The van der Waals surface area contributed by atoms with Gasteiger partial charge in [0.1, 0.15) is 0 Å². The summed E-state index contributed by atoms with van der Waals surface area (Å²) in [7, 11) is 0. The van der Waals surface area contributed by atoms with Crippen LogP contribution in [0.5, 0.6) is 0 Å². The minimum atomic E-state index is -0.0921. The maximum absolute atomic E-state index is 12.6. The molecule has 0 radical (unpaired) electrons. The van der Waals surface area contributed by atoms with E-state index >= 15 is 0 Å². The molecule has 3 aliphatic heterocycles. The third kappa shape index (κ3) is 3.81. The van der Waals surface area contributed by atoms with Crippen LogP contribution in [-0.2, 0) is 6.42 Å². The number of nitrogens with one attached hydrogen (secondary N) is 1. The number of hydrogen-bond donors (Lipinski definition) is 1. The Morgan fingerprint density at radius 3 is 2.88 bits per heavy atom. The molecular weight excluding hydrogens is 316 g/mol. The molecular formula is C19H28N4O2. The second-order valence-electron chi connectivity index (χ2n) is 7.80. The molecule has 2 amide bonds. The number of amides is 2. The number of rotatable bonds is 4. The highest BCUT2D eigenvalue weighted by Gasteiger charge is 2.42. The maximum atomic E-state index is 12.6. The van der Waals surface area contributed by atoms with Crippen LogP contribution in [0.2, 0.25) is 0 Å². The maximum Gasteiger partial charge on any atom is 0.318 e. The van der Waals surface area contributed by atoms with Crippen LogP contribution in [0.25, 0.3) is 0 Å². The van der Waals surface area contributed by atoms with E-state index in [1.165, 1.54) is 5.56 Å². The largest absolute Gasteiger partial charge is 0.633 e. The molecule has 3 atom stereocenters. The molecule has 0 saturated carbocycles. The zero-order valence-electron chi connectivity index (χ0n) is 14.8. The van der Waals surface area contributed by atoms with Crippen LogP contribution < -0.4 is 5.32 Å². The number of fused-ring (bicyclic) bond motifs is 2. The van der Waals surface area contributed by atoms with E-state index in [0.717, 1.165) is 38.9 Å². The minimum Gasteiger partial charge on any atom is -0.633 e. The van der Waals surface area contributed by atoms with Crippen LogP contribution in [0.4, 0.5) is 4.79 Å². The van der Waals surface area contributed by atoms with Crippen molar-refractivity contribution >= 4 is 6.03 Å². The van der Waals surface area contributed by atoms with Crippen molar-refractivity contribution in [3.63, 3.8) is 0 Å². The number of benzene rings is 1. The average Bonchev–Trinajstić information content (AvgIpc) is 3.18. The molecule has 0 aromatic heterocycles. The van der Waals surface area contributed by atoms with Gasteiger partial charge < -0.3 is 25.0 Å². The van der Waals surface area contributed by atoms with Crippen molar-refractivity contribution in [3.8, 4) is 0 Å². The van der Waals surface area contributed by atoms with Crippen LogP contribution >= 0.6 is 0 Å². The summed E-state index contributed by atoms with van der Waals surface area (Å²) in [6, 6.07) is 11.0. The Bertz CT molecular complexity index is 611. The van der Waals surface area contributed by atoms with Gasteiger partial charge in [0.05, 0.1) is 32.2 Å². The highest BCUT2D eigenvalue weighted by Crippen LogP contribution is 2.27. The molecule has 4 rings (SSSR count). The number of carbonyl (C=O) groups is 1. The lowest BCUT2D eigenvalue weighted by Crippen LogP contribution is -2.58. The van der Waals surface area contributed by atoms with Crippen LogP contribution in [0, 0.1) is 5.21 Å². The fourth-order valence-corrected chi connectivity index (χ4v) is 4.49. The van der Waals surface area contributed by atoms with Crippen molar-refractivity contribution in [2.75, 3.05) is 45.8 Å². The van der Waals surface area contributed by atoms with E-state index in [1.807, 2.05) is 11.0 Å². The first kappa shape index (κ1) is 16.8. The minimum absolute atomic E-state index is 0.0352. The van der Waals surface area contributed by atoms with Gasteiger partial charge in [-0.3, -0.25) is 0 Å². The van der Waals surface area contributed by atoms with Crippen molar-refractivity contribution in [3.05, 3.63) is 41.1 Å². The van der Waals surface area contributed by atoms with E-state index < -0.39 is 0 Å². The topological polar surface area (TPSA) is 58.6 Å². The summed E-state index contributed by atoms with van der Waals surface area (Å²) in [5.41, 5.74) is 1.36. The number of piperazine rings is 1. The Balaban J connectivity index is 1.23. The molecule has 1 aromatic rings. The zero-order valence-corrected chi connectivity index (χ0v) is 14.8. The Morgan fingerprint density at radius 2 is 2.04 bits per heavy atom. The summed E-state index contributed by atoms with van der Waals surface area (Å²) in [6.07, 6.45) is 2.92. The Morgan fingerprint density at radius 1 is 1.20 bits per heavy atom. The van der Waals surface area contributed by atoms with Crippen molar-refractivity contribution in [2.24, 2.45) is 0 Å². The molecule has 136 valence electrons. The lowest BCUT2D eigenvalue weighted by Gasteiger charge is -2.44. The molecule has 6 heteroatoms. The van der Waals surface area contributed by atoms with E-state index in [2.05, 4.69) is 34.5 Å². The van der Waals surface area contributed by atoms with Crippen molar-refractivity contribution in [1.82, 2.24) is 15.1 Å². The van der Waals surface area contributed by atoms with Gasteiger partial charge in [0, 0.05) is 32.1 Å². The predicted molar refractivity (Wildman–Crippen MR) is 96.9 cm³/mol. The molecule has 0 spiro atoms. The summed E-state index contributed by atoms with van der Waals surface area (Å²) < 4.78 is -0.0921. The first-order valence-electron chi connectivity index (χ1n) is 9.52. The number of nitrogens with zero attached hydrogens (tertiary/aromatic N) is 3. The van der Waals surface area contributed by atoms with Crippen molar-refractivity contribution in [1.29, 1.82) is 0 Å². The monoisotopic (exact) mass is 344 g/mol. The smallest absolute Gasteiger partial charge is 0.318 e. The molecule has 3 heterocycles. The van der Waals surface area contributed by atoms with E-state index in [0.29, 0.717) is 26.2 Å². The summed E-state index contributed by atoms with van der Waals surface area (Å²) >= 11 is 0. The van der Waals surface area contributed by atoms with E-state index in [1.54, 1.807) is 0 Å². The lowest BCUT2D eigenvalue weighted by atomic mass is 10.1. The van der Waals surface area contributed by atoms with Gasteiger partial charge in [-0.2, -0.15) is 0 Å². The molecule has 25 heavy (non-hydrogen) atoms. The molecule has 2 bridgehead atoms. The Hall–Kier alpha value is -1.63. The van der Waals surface area contributed by atoms with Gasteiger partial charge >= 0.3 is 6.03 Å². The summed E-state index contributed by atoms with van der Waals surface area (Å²) in [4.78, 5) is 17.0.